The summed E-state index contributed by atoms with van der Waals surface area (Å²) in [4.78, 5) is 40.3. The number of amides is 1. The number of hydrogen-bond donors (Lipinski definition) is 2. The molecule has 0 saturated heterocycles. The lowest BCUT2D eigenvalue weighted by molar-refractivity contribution is -0.141. The number of nitrogens with two attached hydrogens (primary N) is 1. The van der Waals surface area contributed by atoms with Crippen LogP contribution in [0.15, 0.2) is 45.5 Å². The van der Waals surface area contributed by atoms with Crippen molar-refractivity contribution in [3.63, 3.8) is 0 Å². The molecule has 31 heavy (non-hydrogen) atoms. The summed E-state index contributed by atoms with van der Waals surface area (Å²) < 4.78 is 12.0. The van der Waals surface area contributed by atoms with Crippen molar-refractivity contribution in [2.45, 2.75) is 51.9 Å². The first kappa shape index (κ1) is 21.6. The quantitative estimate of drug-likeness (QED) is 0.492. The molecule has 3 N–H and O–H groups in total. The van der Waals surface area contributed by atoms with Gasteiger partial charge in [0.2, 0.25) is 11.8 Å². The number of halogens is 1. The minimum absolute atomic E-state index is 0.134. The number of fused-ring (bicyclic) bond motifs is 3. The summed E-state index contributed by atoms with van der Waals surface area (Å²) in [5.74, 6) is -1.35. The SMILES string of the molecule is CCCCOC(=O)C1=C(N)OC2=C(C(=O)CC(C)(C)C2)[C@]12C(=O)Nc1ccc(Br)cc12. The molecule has 2 aliphatic heterocycles. The van der Waals surface area contributed by atoms with Gasteiger partial charge in [-0.25, -0.2) is 4.79 Å². The van der Waals surface area contributed by atoms with Gasteiger partial charge in [0, 0.05) is 28.6 Å². The molecule has 0 radical (unpaired) electrons. The zero-order chi connectivity index (χ0) is 22.6. The fourth-order valence-corrected chi connectivity index (χ4v) is 5.03. The van der Waals surface area contributed by atoms with E-state index < -0.39 is 17.3 Å². The Morgan fingerprint density at radius 1 is 1.29 bits per heavy atom. The van der Waals surface area contributed by atoms with Gasteiger partial charge in [-0.15, -0.1) is 0 Å². The molecule has 3 aliphatic rings. The number of Topliss-reactive ketones (excluding diaryl/α,β-unsaturated/α-hetero) is 1. The standard InChI is InChI=1S/C23H25BrN2O5/c1-4-5-8-30-20(28)18-19(25)31-16-11-22(2,3)10-15(27)17(16)23(18)13-9-12(24)6-7-14(13)26-21(23)29/h6-7,9H,4-5,8,10-11,25H2,1-3H3,(H,26,29)/t23-/m0/s1. The molecule has 0 aromatic heterocycles. The number of carbonyl (C=O) groups excluding carboxylic acids is 3. The van der Waals surface area contributed by atoms with Crippen molar-refractivity contribution in [3.8, 4) is 0 Å². The van der Waals surface area contributed by atoms with Crippen LogP contribution in [0.5, 0.6) is 0 Å². The van der Waals surface area contributed by atoms with Crippen molar-refractivity contribution in [2.75, 3.05) is 11.9 Å². The van der Waals surface area contributed by atoms with Crippen molar-refractivity contribution < 1.29 is 23.9 Å². The van der Waals surface area contributed by atoms with E-state index in [0.717, 1.165) is 6.42 Å². The molecule has 1 aromatic rings. The molecule has 0 fully saturated rings. The van der Waals surface area contributed by atoms with Gasteiger partial charge in [0.15, 0.2) is 5.78 Å². The van der Waals surface area contributed by atoms with Crippen LogP contribution in [-0.2, 0) is 29.3 Å². The van der Waals surface area contributed by atoms with Crippen molar-refractivity contribution >= 4 is 39.3 Å². The Kier molecular flexibility index (Phi) is 5.24. The van der Waals surface area contributed by atoms with Crippen LogP contribution in [0.4, 0.5) is 5.69 Å². The molecule has 4 rings (SSSR count). The first-order valence-electron chi connectivity index (χ1n) is 10.4. The van der Waals surface area contributed by atoms with Gasteiger partial charge < -0.3 is 20.5 Å². The third-order valence-electron chi connectivity index (χ3n) is 5.98. The van der Waals surface area contributed by atoms with Crippen LogP contribution in [0, 0.1) is 5.41 Å². The van der Waals surface area contributed by atoms with Gasteiger partial charge in [-0.1, -0.05) is 43.1 Å². The first-order valence-corrected chi connectivity index (χ1v) is 11.1. The number of allylic oxidation sites excluding steroid dienone is 1. The van der Waals surface area contributed by atoms with Gasteiger partial charge in [-0.05, 0) is 30.0 Å². The largest absolute Gasteiger partial charge is 0.462 e. The molecule has 8 heteroatoms. The number of ether oxygens (including phenoxy) is 2. The van der Waals surface area contributed by atoms with E-state index in [1.807, 2.05) is 20.8 Å². The van der Waals surface area contributed by atoms with Gasteiger partial charge in [0.25, 0.3) is 0 Å². The predicted molar refractivity (Wildman–Crippen MR) is 118 cm³/mol. The summed E-state index contributed by atoms with van der Waals surface area (Å²) in [5, 5.41) is 2.83. The Morgan fingerprint density at radius 2 is 2.03 bits per heavy atom. The topological polar surface area (TPSA) is 108 Å². The van der Waals surface area contributed by atoms with E-state index in [1.165, 1.54) is 0 Å². The summed E-state index contributed by atoms with van der Waals surface area (Å²) in [7, 11) is 0. The van der Waals surface area contributed by atoms with E-state index in [2.05, 4.69) is 21.2 Å². The minimum Gasteiger partial charge on any atom is -0.462 e. The molecule has 2 heterocycles. The van der Waals surface area contributed by atoms with E-state index in [1.54, 1.807) is 18.2 Å². The molecule has 164 valence electrons. The summed E-state index contributed by atoms with van der Waals surface area (Å²) >= 11 is 3.44. The van der Waals surface area contributed by atoms with E-state index in [4.69, 9.17) is 15.2 Å². The molecule has 1 spiro atoms. The maximum Gasteiger partial charge on any atom is 0.341 e. The Hall–Kier alpha value is -2.61. The highest BCUT2D eigenvalue weighted by molar-refractivity contribution is 9.10. The average Bonchev–Trinajstić information content (AvgIpc) is 2.92. The highest BCUT2D eigenvalue weighted by Gasteiger charge is 2.62. The summed E-state index contributed by atoms with van der Waals surface area (Å²) in [6.45, 7) is 6.07. The third-order valence-corrected chi connectivity index (χ3v) is 6.47. The Bertz CT molecular complexity index is 1070. The predicted octanol–water partition coefficient (Wildman–Crippen LogP) is 3.83. The van der Waals surface area contributed by atoms with Crippen LogP contribution in [-0.4, -0.2) is 24.3 Å². The normalized spacial score (nSPS) is 24.0. The molecule has 1 amide bonds. The number of carbonyl (C=O) groups is 3. The number of rotatable bonds is 4. The highest BCUT2D eigenvalue weighted by atomic mass is 79.9. The maximum atomic E-state index is 13.6. The van der Waals surface area contributed by atoms with Crippen LogP contribution < -0.4 is 11.1 Å². The van der Waals surface area contributed by atoms with Crippen LogP contribution in [0.1, 0.15) is 52.0 Å². The minimum atomic E-state index is -1.70. The molecular formula is C23H25BrN2O5. The zero-order valence-electron chi connectivity index (χ0n) is 17.8. The van der Waals surface area contributed by atoms with Crippen molar-refractivity contribution in [3.05, 3.63) is 51.0 Å². The number of anilines is 1. The maximum absolute atomic E-state index is 13.6. The lowest BCUT2D eigenvalue weighted by Gasteiger charge is -2.42. The Balaban J connectivity index is 1.98. The second-order valence-corrected chi connectivity index (χ2v) is 9.88. The Labute approximate surface area is 189 Å². The van der Waals surface area contributed by atoms with Crippen LogP contribution in [0.2, 0.25) is 0 Å². The van der Waals surface area contributed by atoms with Crippen molar-refractivity contribution in [2.24, 2.45) is 11.1 Å². The van der Waals surface area contributed by atoms with E-state index in [-0.39, 0.29) is 41.3 Å². The highest BCUT2D eigenvalue weighted by Crippen LogP contribution is 2.56. The number of benzene rings is 1. The van der Waals surface area contributed by atoms with E-state index in [0.29, 0.717) is 34.3 Å². The van der Waals surface area contributed by atoms with Crippen LogP contribution in [0.25, 0.3) is 0 Å². The van der Waals surface area contributed by atoms with Gasteiger partial charge in [-0.3, -0.25) is 9.59 Å². The van der Waals surface area contributed by atoms with Crippen molar-refractivity contribution in [1.29, 1.82) is 0 Å². The van der Waals surface area contributed by atoms with Gasteiger partial charge in [-0.2, -0.15) is 0 Å². The number of esters is 1. The van der Waals surface area contributed by atoms with E-state index in [9.17, 15) is 14.4 Å². The van der Waals surface area contributed by atoms with Crippen LogP contribution >= 0.6 is 15.9 Å². The van der Waals surface area contributed by atoms with Gasteiger partial charge in [0.1, 0.15) is 16.7 Å². The smallest absolute Gasteiger partial charge is 0.341 e. The fourth-order valence-electron chi connectivity index (χ4n) is 4.67. The molecule has 0 saturated carbocycles. The van der Waals surface area contributed by atoms with Crippen LogP contribution in [0.3, 0.4) is 0 Å². The summed E-state index contributed by atoms with van der Waals surface area (Å²) in [6.07, 6.45) is 2.15. The molecule has 7 nitrogen and oxygen atoms in total. The Morgan fingerprint density at radius 3 is 2.74 bits per heavy atom. The molecule has 0 bridgehead atoms. The fraction of sp³-hybridized carbons (Fsp3) is 0.435. The molecule has 1 atom stereocenters. The average molecular weight is 489 g/mol. The molecule has 0 unspecified atom stereocenters. The van der Waals surface area contributed by atoms with Crippen molar-refractivity contribution in [1.82, 2.24) is 0 Å². The monoisotopic (exact) mass is 488 g/mol. The number of ketones is 1. The number of hydrogen-bond acceptors (Lipinski definition) is 6. The second-order valence-electron chi connectivity index (χ2n) is 8.96. The summed E-state index contributed by atoms with van der Waals surface area (Å²) in [5.41, 5.74) is 5.25. The number of nitrogens with one attached hydrogen (secondary N) is 1. The third kappa shape index (κ3) is 3.28. The molecule has 1 aromatic carbocycles. The first-order chi connectivity index (χ1) is 14.6. The molecular weight excluding hydrogens is 464 g/mol. The molecule has 1 aliphatic carbocycles. The summed E-state index contributed by atoms with van der Waals surface area (Å²) in [6, 6.07) is 5.25. The second kappa shape index (κ2) is 7.51. The van der Waals surface area contributed by atoms with Gasteiger partial charge in [0.05, 0.1) is 12.2 Å². The van der Waals surface area contributed by atoms with E-state index >= 15 is 0 Å². The number of unbranched alkanes of at least 4 members (excludes halogenated alkanes) is 1. The lowest BCUT2D eigenvalue weighted by atomic mass is 9.62. The van der Waals surface area contributed by atoms with Gasteiger partial charge >= 0.3 is 5.97 Å². The lowest BCUT2D eigenvalue weighted by Crippen LogP contribution is -2.50. The zero-order valence-corrected chi connectivity index (χ0v) is 19.4.